The fraction of sp³-hybridized carbons (Fsp3) is 0.769. The molecule has 0 radical (unpaired) electrons. The van der Waals surface area contributed by atoms with E-state index in [9.17, 15) is 0 Å². The second kappa shape index (κ2) is 4.84. The molecule has 1 unspecified atom stereocenters. The van der Waals surface area contributed by atoms with E-state index >= 15 is 0 Å². The zero-order chi connectivity index (χ0) is 11.6. The summed E-state index contributed by atoms with van der Waals surface area (Å²) in [6.45, 7) is 7.82. The molecule has 0 aromatic carbocycles. The number of nitrogens with zero attached hydrogens (tertiary/aromatic N) is 1. The Morgan fingerprint density at radius 3 is 2.81 bits per heavy atom. The van der Waals surface area contributed by atoms with Crippen LogP contribution < -0.4 is 5.32 Å². The van der Waals surface area contributed by atoms with Crippen molar-refractivity contribution in [2.75, 3.05) is 6.54 Å². The predicted octanol–water partition coefficient (Wildman–Crippen LogP) is 3.26. The Bertz CT molecular complexity index is 337. The van der Waals surface area contributed by atoms with Crippen LogP contribution in [0.5, 0.6) is 0 Å². The maximum absolute atomic E-state index is 4.84. The van der Waals surface area contributed by atoms with Gasteiger partial charge in [-0.3, -0.25) is 0 Å². The molecule has 2 rings (SSSR count). The minimum atomic E-state index is 0.0883. The molecule has 1 aliphatic rings. The van der Waals surface area contributed by atoms with E-state index in [4.69, 9.17) is 4.98 Å². The largest absolute Gasteiger partial charge is 0.306 e. The van der Waals surface area contributed by atoms with Crippen molar-refractivity contribution in [1.82, 2.24) is 10.3 Å². The molecule has 2 nitrogen and oxygen atoms in total. The average Bonchev–Trinajstić information content (AvgIpc) is 2.86. The summed E-state index contributed by atoms with van der Waals surface area (Å²) in [6, 6.07) is 0. The van der Waals surface area contributed by atoms with E-state index in [2.05, 4.69) is 26.1 Å². The van der Waals surface area contributed by atoms with Crippen LogP contribution >= 0.6 is 11.3 Å². The van der Waals surface area contributed by atoms with Gasteiger partial charge < -0.3 is 5.32 Å². The number of nitrogens with one attached hydrogen (secondary N) is 1. The fourth-order valence-electron chi connectivity index (χ4n) is 2.18. The molecule has 0 amide bonds. The molecule has 3 heteroatoms. The van der Waals surface area contributed by atoms with Gasteiger partial charge in [-0.2, -0.15) is 0 Å². The molecule has 1 atom stereocenters. The lowest BCUT2D eigenvalue weighted by Gasteiger charge is -2.27. The molecule has 0 fully saturated rings. The van der Waals surface area contributed by atoms with Crippen molar-refractivity contribution in [3.63, 3.8) is 0 Å². The molecule has 0 bridgehead atoms. The van der Waals surface area contributed by atoms with Gasteiger partial charge in [0.15, 0.2) is 0 Å². The third-order valence-corrected chi connectivity index (χ3v) is 4.96. The number of fused-ring (bicyclic) bond motifs is 1. The summed E-state index contributed by atoms with van der Waals surface area (Å²) in [4.78, 5) is 6.38. The summed E-state index contributed by atoms with van der Waals surface area (Å²) < 4.78 is 0. The minimum absolute atomic E-state index is 0.0883. The topological polar surface area (TPSA) is 24.9 Å². The summed E-state index contributed by atoms with van der Waals surface area (Å²) in [6.07, 6.45) is 6.04. The van der Waals surface area contributed by atoms with Crippen molar-refractivity contribution in [2.24, 2.45) is 0 Å². The monoisotopic (exact) mass is 238 g/mol. The van der Waals surface area contributed by atoms with E-state index in [0.29, 0.717) is 0 Å². The van der Waals surface area contributed by atoms with Crippen LogP contribution in [0.3, 0.4) is 0 Å². The summed E-state index contributed by atoms with van der Waals surface area (Å²) >= 11 is 1.93. The smallest absolute Gasteiger partial charge is 0.113 e. The molecular weight excluding hydrogens is 216 g/mol. The number of hydrogen-bond donors (Lipinski definition) is 1. The lowest BCUT2D eigenvalue weighted by atomic mass is 10.00. The van der Waals surface area contributed by atoms with E-state index in [1.165, 1.54) is 41.3 Å². The first-order valence-electron chi connectivity index (χ1n) is 6.43. The maximum atomic E-state index is 4.84. The van der Waals surface area contributed by atoms with Gasteiger partial charge in [-0.05, 0) is 45.6 Å². The summed E-state index contributed by atoms with van der Waals surface area (Å²) in [5.41, 5.74) is 1.46. The lowest BCUT2D eigenvalue weighted by molar-refractivity contribution is 0.352. The van der Waals surface area contributed by atoms with E-state index in [-0.39, 0.29) is 5.54 Å². The highest BCUT2D eigenvalue weighted by Gasteiger charge is 2.29. The highest BCUT2D eigenvalue weighted by atomic mass is 32.1. The van der Waals surface area contributed by atoms with Crippen LogP contribution in [0.25, 0.3) is 0 Å². The molecule has 0 aliphatic heterocycles. The molecule has 90 valence electrons. The van der Waals surface area contributed by atoms with Crippen molar-refractivity contribution < 1.29 is 0 Å². The van der Waals surface area contributed by atoms with Crippen molar-refractivity contribution in [1.29, 1.82) is 0 Å². The Labute approximate surface area is 102 Å². The van der Waals surface area contributed by atoms with Gasteiger partial charge in [0.1, 0.15) is 5.01 Å². The molecule has 16 heavy (non-hydrogen) atoms. The van der Waals surface area contributed by atoms with E-state index in [1.807, 2.05) is 11.3 Å². The molecular formula is C13H22N2S. The fourth-order valence-corrected chi connectivity index (χ4v) is 3.52. The maximum Gasteiger partial charge on any atom is 0.113 e. The molecule has 0 spiro atoms. The third kappa shape index (κ3) is 2.16. The van der Waals surface area contributed by atoms with Gasteiger partial charge in [-0.1, -0.05) is 13.8 Å². The number of thiazole rings is 1. The highest BCUT2D eigenvalue weighted by molar-refractivity contribution is 7.12. The molecule has 1 heterocycles. The Balaban J connectivity index is 2.19. The average molecular weight is 238 g/mol. The van der Waals surface area contributed by atoms with E-state index in [1.54, 1.807) is 0 Å². The zero-order valence-electron chi connectivity index (χ0n) is 10.6. The van der Waals surface area contributed by atoms with Crippen LogP contribution in [0.1, 0.15) is 55.6 Å². The van der Waals surface area contributed by atoms with Gasteiger partial charge >= 0.3 is 0 Å². The van der Waals surface area contributed by atoms with Gasteiger partial charge in [-0.25, -0.2) is 4.98 Å². The predicted molar refractivity (Wildman–Crippen MR) is 70.1 cm³/mol. The second-order valence-electron chi connectivity index (χ2n) is 4.85. The molecule has 1 aromatic rings. The van der Waals surface area contributed by atoms with Gasteiger partial charge in [0.05, 0.1) is 11.2 Å². The Hall–Kier alpha value is -0.410. The Morgan fingerprint density at radius 1 is 1.38 bits per heavy atom. The van der Waals surface area contributed by atoms with Crippen LogP contribution in [0.15, 0.2) is 0 Å². The normalized spacial score (nSPS) is 18.4. The Kier molecular flexibility index (Phi) is 3.65. The van der Waals surface area contributed by atoms with Crippen molar-refractivity contribution >= 4 is 11.3 Å². The summed E-state index contributed by atoms with van der Waals surface area (Å²) in [5, 5.41) is 4.95. The first kappa shape index (κ1) is 12.1. The number of aryl methyl sites for hydroxylation is 2. The van der Waals surface area contributed by atoms with Crippen molar-refractivity contribution in [2.45, 2.75) is 58.4 Å². The van der Waals surface area contributed by atoms with E-state index in [0.717, 1.165) is 13.0 Å². The number of hydrogen-bond acceptors (Lipinski definition) is 3. The van der Waals surface area contributed by atoms with Crippen LogP contribution in [-0.2, 0) is 18.4 Å². The van der Waals surface area contributed by atoms with Gasteiger partial charge in [0.25, 0.3) is 0 Å². The quantitative estimate of drug-likeness (QED) is 0.851. The van der Waals surface area contributed by atoms with Crippen LogP contribution in [0.2, 0.25) is 0 Å². The first-order chi connectivity index (χ1) is 7.69. The van der Waals surface area contributed by atoms with Gasteiger partial charge in [0, 0.05) is 4.88 Å². The second-order valence-corrected chi connectivity index (χ2v) is 5.94. The number of aromatic nitrogens is 1. The molecule has 1 aliphatic carbocycles. The third-order valence-electron chi connectivity index (χ3n) is 3.54. The molecule has 0 saturated carbocycles. The molecule has 1 N–H and O–H groups in total. The Morgan fingerprint density at radius 2 is 2.19 bits per heavy atom. The molecule has 1 aromatic heterocycles. The van der Waals surface area contributed by atoms with Gasteiger partial charge in [0.2, 0.25) is 0 Å². The zero-order valence-corrected chi connectivity index (χ0v) is 11.4. The summed E-state index contributed by atoms with van der Waals surface area (Å²) in [5.74, 6) is 0. The van der Waals surface area contributed by atoms with Crippen molar-refractivity contribution in [3.8, 4) is 0 Å². The number of rotatable bonds is 5. The highest BCUT2D eigenvalue weighted by Crippen LogP contribution is 2.34. The van der Waals surface area contributed by atoms with Crippen LogP contribution in [0.4, 0.5) is 0 Å². The summed E-state index contributed by atoms with van der Waals surface area (Å²) in [7, 11) is 0. The standard InChI is InChI=1S/C13H22N2S/c1-4-9-14-13(3,5-2)12-15-10-7-6-8-11(10)16-12/h14H,4-9H2,1-3H3. The van der Waals surface area contributed by atoms with Crippen LogP contribution in [0, 0.1) is 0 Å². The van der Waals surface area contributed by atoms with Crippen molar-refractivity contribution in [3.05, 3.63) is 15.6 Å². The minimum Gasteiger partial charge on any atom is -0.306 e. The molecule has 0 saturated heterocycles. The lowest BCUT2D eigenvalue weighted by Crippen LogP contribution is -2.39. The van der Waals surface area contributed by atoms with Crippen LogP contribution in [-0.4, -0.2) is 11.5 Å². The SMILES string of the molecule is CCCNC(C)(CC)c1nc2c(s1)CCC2. The van der Waals surface area contributed by atoms with E-state index < -0.39 is 0 Å². The van der Waals surface area contributed by atoms with Gasteiger partial charge in [-0.15, -0.1) is 11.3 Å². The first-order valence-corrected chi connectivity index (χ1v) is 7.25.